The Kier molecular flexibility index (Phi) is 8.46. The first-order chi connectivity index (χ1) is 18.9. The van der Waals surface area contributed by atoms with Gasteiger partial charge in [0.2, 0.25) is 11.8 Å². The number of esters is 1. The van der Waals surface area contributed by atoms with Gasteiger partial charge in [-0.3, -0.25) is 4.79 Å². The first-order valence-electron chi connectivity index (χ1n) is 12.4. The molecule has 0 spiro atoms. The van der Waals surface area contributed by atoms with Crippen molar-refractivity contribution >= 4 is 17.7 Å². The Morgan fingerprint density at radius 2 is 2.00 bits per heavy atom. The summed E-state index contributed by atoms with van der Waals surface area (Å²) < 4.78 is 22.0. The van der Waals surface area contributed by atoms with Crippen LogP contribution in [0.15, 0.2) is 42.5 Å². The largest absolute Gasteiger partial charge is 0.497 e. The van der Waals surface area contributed by atoms with Gasteiger partial charge in [0.05, 0.1) is 38.5 Å². The van der Waals surface area contributed by atoms with E-state index in [1.165, 1.54) is 0 Å². The number of amides is 1. The number of carbonyl (C=O) groups is 2. The van der Waals surface area contributed by atoms with E-state index in [2.05, 4.69) is 16.0 Å². The molecular formula is C28H29N5O6. The number of rotatable bonds is 10. The molecule has 39 heavy (non-hydrogen) atoms. The molecule has 3 aromatic rings. The van der Waals surface area contributed by atoms with Gasteiger partial charge in [-0.15, -0.1) is 0 Å². The van der Waals surface area contributed by atoms with Crippen LogP contribution in [0.2, 0.25) is 0 Å². The molecule has 11 heteroatoms. The number of hydrogen-bond acceptors (Lipinski definition) is 10. The number of anilines is 1. The van der Waals surface area contributed by atoms with Gasteiger partial charge < -0.3 is 29.6 Å². The number of aromatic nitrogens is 2. The summed E-state index contributed by atoms with van der Waals surface area (Å²) in [6.07, 6.45) is 0.916. The predicted molar refractivity (Wildman–Crippen MR) is 141 cm³/mol. The van der Waals surface area contributed by atoms with E-state index >= 15 is 0 Å². The maximum atomic E-state index is 12.8. The van der Waals surface area contributed by atoms with Gasteiger partial charge in [0.1, 0.15) is 23.9 Å². The van der Waals surface area contributed by atoms with E-state index in [4.69, 9.17) is 24.7 Å². The molecule has 1 fully saturated rings. The number of nitrogens with zero attached hydrogens (tertiary/aromatic N) is 4. The molecule has 1 aromatic heterocycles. The van der Waals surface area contributed by atoms with Crippen LogP contribution in [-0.4, -0.2) is 60.2 Å². The molecule has 2 aromatic carbocycles. The summed E-state index contributed by atoms with van der Waals surface area (Å²) in [5.41, 5.74) is 7.84. The van der Waals surface area contributed by atoms with Gasteiger partial charge in [0.25, 0.3) is 0 Å². The highest BCUT2D eigenvalue weighted by atomic mass is 16.5. The van der Waals surface area contributed by atoms with Gasteiger partial charge in [-0.1, -0.05) is 12.1 Å². The molecule has 202 valence electrons. The summed E-state index contributed by atoms with van der Waals surface area (Å²) >= 11 is 0. The molecule has 0 bridgehead atoms. The zero-order chi connectivity index (χ0) is 27.9. The standard InChI is InChI=1S/C28H29N5O6/c1-4-38-28(35)24-25(30)31-26(18-7-5-6-17(12-18)14-29)32-27(24)39-16-20-9-11-23(34)33(20)15-19-8-10-21(36-2)13-22(19)37-3/h5-8,10,12-13,20H,4,9,11,15-16H2,1-3H3,(H2,30,31,32)/t20-/m0/s1. The van der Waals surface area contributed by atoms with Crippen LogP contribution < -0.4 is 19.9 Å². The van der Waals surface area contributed by atoms with Crippen molar-refractivity contribution in [2.45, 2.75) is 32.4 Å². The summed E-state index contributed by atoms with van der Waals surface area (Å²) in [7, 11) is 3.13. The summed E-state index contributed by atoms with van der Waals surface area (Å²) in [5, 5.41) is 9.26. The normalized spacial score (nSPS) is 14.6. The maximum absolute atomic E-state index is 12.8. The monoisotopic (exact) mass is 531 g/mol. The van der Waals surface area contributed by atoms with E-state index < -0.39 is 5.97 Å². The molecule has 2 heterocycles. The summed E-state index contributed by atoms with van der Waals surface area (Å²) in [6.45, 7) is 2.17. The van der Waals surface area contributed by atoms with Crippen LogP contribution in [0.4, 0.5) is 5.82 Å². The molecule has 0 unspecified atom stereocenters. The lowest BCUT2D eigenvalue weighted by atomic mass is 10.1. The molecule has 1 saturated heterocycles. The molecule has 1 aliphatic rings. The minimum atomic E-state index is -0.718. The molecule has 1 aliphatic heterocycles. The molecule has 2 N–H and O–H groups in total. The highest BCUT2D eigenvalue weighted by Crippen LogP contribution is 2.31. The quantitative estimate of drug-likeness (QED) is 0.386. The molecular weight excluding hydrogens is 502 g/mol. The van der Waals surface area contributed by atoms with E-state index in [0.29, 0.717) is 42.0 Å². The van der Waals surface area contributed by atoms with E-state index in [1.54, 1.807) is 56.4 Å². The Hall–Kier alpha value is -4.85. The fourth-order valence-electron chi connectivity index (χ4n) is 4.34. The van der Waals surface area contributed by atoms with E-state index in [-0.39, 0.29) is 48.2 Å². The highest BCUT2D eigenvalue weighted by molar-refractivity contribution is 5.97. The van der Waals surface area contributed by atoms with Crippen molar-refractivity contribution in [2.24, 2.45) is 0 Å². The molecule has 0 saturated carbocycles. The zero-order valence-electron chi connectivity index (χ0n) is 22.0. The Bertz CT molecular complexity index is 1420. The van der Waals surface area contributed by atoms with Gasteiger partial charge in [-0.2, -0.15) is 10.2 Å². The average Bonchev–Trinajstić information content (AvgIpc) is 3.30. The Balaban J connectivity index is 1.62. The van der Waals surface area contributed by atoms with Crippen LogP contribution in [0, 0.1) is 11.3 Å². The van der Waals surface area contributed by atoms with Gasteiger partial charge >= 0.3 is 5.97 Å². The fourth-order valence-corrected chi connectivity index (χ4v) is 4.34. The van der Waals surface area contributed by atoms with Crippen LogP contribution >= 0.6 is 0 Å². The third-order valence-corrected chi connectivity index (χ3v) is 6.33. The van der Waals surface area contributed by atoms with Crippen LogP contribution in [0.3, 0.4) is 0 Å². The van der Waals surface area contributed by atoms with Crippen molar-refractivity contribution in [3.63, 3.8) is 0 Å². The van der Waals surface area contributed by atoms with Crippen LogP contribution in [0.5, 0.6) is 17.4 Å². The summed E-state index contributed by atoms with van der Waals surface area (Å²) in [4.78, 5) is 36.0. The van der Waals surface area contributed by atoms with E-state index in [9.17, 15) is 14.9 Å². The van der Waals surface area contributed by atoms with E-state index in [0.717, 1.165) is 5.56 Å². The fraction of sp³-hybridized carbons (Fsp3) is 0.321. The number of nitrogens with two attached hydrogens (primary N) is 1. The third-order valence-electron chi connectivity index (χ3n) is 6.33. The van der Waals surface area contributed by atoms with Crippen molar-refractivity contribution in [3.8, 4) is 34.8 Å². The lowest BCUT2D eigenvalue weighted by molar-refractivity contribution is -0.129. The minimum Gasteiger partial charge on any atom is -0.497 e. The highest BCUT2D eigenvalue weighted by Gasteiger charge is 2.33. The second kappa shape index (κ2) is 12.1. The maximum Gasteiger partial charge on any atom is 0.347 e. The first kappa shape index (κ1) is 27.2. The van der Waals surface area contributed by atoms with Gasteiger partial charge in [0, 0.05) is 30.2 Å². The zero-order valence-corrected chi connectivity index (χ0v) is 22.0. The van der Waals surface area contributed by atoms with Crippen LogP contribution in [0.1, 0.15) is 41.3 Å². The van der Waals surface area contributed by atoms with Crippen molar-refractivity contribution in [3.05, 3.63) is 59.2 Å². The Labute approximate surface area is 226 Å². The van der Waals surface area contributed by atoms with Gasteiger partial charge in [-0.05, 0) is 37.6 Å². The third kappa shape index (κ3) is 6.01. The smallest absolute Gasteiger partial charge is 0.347 e. The van der Waals surface area contributed by atoms with Gasteiger partial charge in [0.15, 0.2) is 11.4 Å². The molecule has 0 radical (unpaired) electrons. The van der Waals surface area contributed by atoms with Crippen molar-refractivity contribution in [1.29, 1.82) is 5.26 Å². The lowest BCUT2D eigenvalue weighted by Gasteiger charge is -2.26. The summed E-state index contributed by atoms with van der Waals surface area (Å²) in [6, 6.07) is 13.9. The van der Waals surface area contributed by atoms with Gasteiger partial charge in [-0.25, -0.2) is 9.78 Å². The molecule has 1 amide bonds. The molecule has 11 nitrogen and oxygen atoms in total. The number of carbonyl (C=O) groups excluding carboxylic acids is 2. The number of benzene rings is 2. The van der Waals surface area contributed by atoms with Crippen molar-refractivity contribution in [2.75, 3.05) is 33.2 Å². The topological polar surface area (TPSA) is 150 Å². The first-order valence-corrected chi connectivity index (χ1v) is 12.4. The number of hydrogen-bond donors (Lipinski definition) is 1. The van der Waals surface area contributed by atoms with Crippen LogP contribution in [0.25, 0.3) is 11.4 Å². The lowest BCUT2D eigenvalue weighted by Crippen LogP contribution is -2.36. The van der Waals surface area contributed by atoms with E-state index in [1.807, 2.05) is 12.1 Å². The number of ether oxygens (including phenoxy) is 4. The average molecular weight is 532 g/mol. The van der Waals surface area contributed by atoms with Crippen molar-refractivity contribution in [1.82, 2.24) is 14.9 Å². The molecule has 4 rings (SSSR count). The summed E-state index contributed by atoms with van der Waals surface area (Å²) in [5.74, 6) is 0.527. The second-order valence-electron chi connectivity index (χ2n) is 8.73. The number of nitrogen functional groups attached to an aromatic ring is 1. The number of nitriles is 1. The van der Waals surface area contributed by atoms with Crippen molar-refractivity contribution < 1.29 is 28.5 Å². The predicted octanol–water partition coefficient (Wildman–Crippen LogP) is 3.36. The molecule has 0 aliphatic carbocycles. The Morgan fingerprint density at radius 1 is 1.18 bits per heavy atom. The molecule has 1 atom stereocenters. The van der Waals surface area contributed by atoms with Crippen LogP contribution in [-0.2, 0) is 16.1 Å². The Morgan fingerprint density at radius 3 is 2.72 bits per heavy atom. The minimum absolute atomic E-state index is 0.0247. The second-order valence-corrected chi connectivity index (χ2v) is 8.73. The number of methoxy groups -OCH3 is 2. The number of likely N-dealkylation sites (tertiary alicyclic amines) is 1. The SMILES string of the molecule is CCOC(=O)c1c(N)nc(-c2cccc(C#N)c2)nc1OC[C@@H]1CCC(=O)N1Cc1ccc(OC)cc1OC.